The predicted octanol–water partition coefficient (Wildman–Crippen LogP) is 2.98. The molecule has 0 radical (unpaired) electrons. The van der Waals surface area contributed by atoms with Crippen LogP contribution in [0.4, 0.5) is 0 Å². The average molecular weight is 330 g/mol. The fourth-order valence-electron chi connectivity index (χ4n) is 3.88. The Morgan fingerprint density at radius 2 is 1.83 bits per heavy atom. The summed E-state index contributed by atoms with van der Waals surface area (Å²) >= 11 is 0. The standard InChI is InChI=1S/C20H30N2O2/c1-22(18-10-3-2-4-11-18)15-17-9-6-5-8-16(17)14-21-19(23)20(24)12-7-13-20/h5-6,8-9,18,24H,2-4,7,10-15H2,1H3,(H,21,23). The molecule has 132 valence electrons. The lowest BCUT2D eigenvalue weighted by Crippen LogP contribution is -2.51. The molecule has 2 aliphatic rings. The molecular weight excluding hydrogens is 300 g/mol. The van der Waals surface area contributed by atoms with Gasteiger partial charge in [0.2, 0.25) is 0 Å². The van der Waals surface area contributed by atoms with Crippen LogP contribution >= 0.6 is 0 Å². The molecule has 0 spiro atoms. The van der Waals surface area contributed by atoms with Gasteiger partial charge >= 0.3 is 0 Å². The van der Waals surface area contributed by atoms with E-state index in [1.807, 2.05) is 6.07 Å². The van der Waals surface area contributed by atoms with Crippen LogP contribution in [0.3, 0.4) is 0 Å². The first-order valence-corrected chi connectivity index (χ1v) is 9.36. The van der Waals surface area contributed by atoms with Crippen LogP contribution < -0.4 is 5.32 Å². The summed E-state index contributed by atoms with van der Waals surface area (Å²) in [5, 5.41) is 13.0. The van der Waals surface area contributed by atoms with Crippen molar-refractivity contribution in [2.45, 2.75) is 76.1 Å². The monoisotopic (exact) mass is 330 g/mol. The third-order valence-electron chi connectivity index (χ3n) is 5.78. The summed E-state index contributed by atoms with van der Waals surface area (Å²) in [5.41, 5.74) is 1.30. The maximum Gasteiger partial charge on any atom is 0.252 e. The second-order valence-electron chi connectivity index (χ2n) is 7.54. The zero-order chi connectivity index (χ0) is 17.0. The minimum absolute atomic E-state index is 0.218. The van der Waals surface area contributed by atoms with Crippen LogP contribution in [0.15, 0.2) is 24.3 Å². The smallest absolute Gasteiger partial charge is 0.252 e. The van der Waals surface area contributed by atoms with Crippen LogP contribution in [0, 0.1) is 0 Å². The first-order valence-electron chi connectivity index (χ1n) is 9.36. The van der Waals surface area contributed by atoms with E-state index in [9.17, 15) is 9.90 Å². The molecule has 0 aromatic heterocycles. The van der Waals surface area contributed by atoms with E-state index < -0.39 is 5.60 Å². The SMILES string of the molecule is CN(Cc1ccccc1CNC(=O)C1(O)CCC1)C1CCCCC1. The molecule has 1 amide bonds. The molecule has 4 nitrogen and oxygen atoms in total. The highest BCUT2D eigenvalue weighted by atomic mass is 16.3. The van der Waals surface area contributed by atoms with Gasteiger partial charge in [0.25, 0.3) is 5.91 Å². The third kappa shape index (κ3) is 3.98. The Morgan fingerprint density at radius 1 is 1.17 bits per heavy atom. The highest BCUT2D eigenvalue weighted by molar-refractivity contribution is 5.85. The van der Waals surface area contributed by atoms with E-state index in [4.69, 9.17) is 0 Å². The minimum atomic E-state index is -1.12. The highest BCUT2D eigenvalue weighted by Crippen LogP contribution is 2.31. The van der Waals surface area contributed by atoms with Gasteiger partial charge in [-0.25, -0.2) is 0 Å². The number of carbonyl (C=O) groups is 1. The predicted molar refractivity (Wildman–Crippen MR) is 95.4 cm³/mol. The van der Waals surface area contributed by atoms with Gasteiger partial charge in [0.15, 0.2) is 0 Å². The molecule has 2 aliphatic carbocycles. The summed E-state index contributed by atoms with van der Waals surface area (Å²) in [6.45, 7) is 1.41. The van der Waals surface area contributed by atoms with E-state index in [0.717, 1.165) is 18.5 Å². The van der Waals surface area contributed by atoms with Crippen molar-refractivity contribution in [3.8, 4) is 0 Å². The maximum absolute atomic E-state index is 12.1. The van der Waals surface area contributed by atoms with E-state index in [0.29, 0.717) is 25.4 Å². The number of nitrogens with one attached hydrogen (secondary N) is 1. The fraction of sp³-hybridized carbons (Fsp3) is 0.650. The van der Waals surface area contributed by atoms with E-state index in [-0.39, 0.29) is 5.91 Å². The summed E-state index contributed by atoms with van der Waals surface area (Å²) in [7, 11) is 2.21. The number of rotatable bonds is 6. The van der Waals surface area contributed by atoms with Gasteiger partial charge in [-0.3, -0.25) is 9.69 Å². The Bertz CT molecular complexity index is 563. The van der Waals surface area contributed by atoms with Crippen molar-refractivity contribution >= 4 is 5.91 Å². The molecule has 0 bridgehead atoms. The van der Waals surface area contributed by atoms with Gasteiger partial charge in [-0.05, 0) is 50.3 Å². The molecule has 0 saturated heterocycles. The lowest BCUT2D eigenvalue weighted by Gasteiger charge is -2.35. The van der Waals surface area contributed by atoms with E-state index in [1.165, 1.54) is 37.7 Å². The van der Waals surface area contributed by atoms with Crippen LogP contribution in [-0.2, 0) is 17.9 Å². The second-order valence-corrected chi connectivity index (χ2v) is 7.54. The molecule has 2 fully saturated rings. The normalized spacial score (nSPS) is 20.6. The molecule has 1 aromatic carbocycles. The molecule has 2 N–H and O–H groups in total. The fourth-order valence-corrected chi connectivity index (χ4v) is 3.88. The van der Waals surface area contributed by atoms with Crippen molar-refractivity contribution in [3.63, 3.8) is 0 Å². The number of aliphatic hydroxyl groups is 1. The van der Waals surface area contributed by atoms with Gasteiger partial charge in [0.1, 0.15) is 5.60 Å². The molecule has 3 rings (SSSR count). The molecule has 1 aromatic rings. The zero-order valence-corrected chi connectivity index (χ0v) is 14.8. The summed E-state index contributed by atoms with van der Waals surface area (Å²) in [4.78, 5) is 14.6. The number of nitrogens with zero attached hydrogens (tertiary/aromatic N) is 1. The lowest BCUT2D eigenvalue weighted by atomic mass is 9.79. The molecular formula is C20H30N2O2. The van der Waals surface area contributed by atoms with Crippen LogP contribution in [-0.4, -0.2) is 34.6 Å². The summed E-state index contributed by atoms with van der Waals surface area (Å²) in [5.74, 6) is -0.218. The largest absolute Gasteiger partial charge is 0.380 e. The maximum atomic E-state index is 12.1. The van der Waals surface area contributed by atoms with Crippen molar-refractivity contribution in [2.24, 2.45) is 0 Å². The quantitative estimate of drug-likeness (QED) is 0.843. The molecule has 4 heteroatoms. The van der Waals surface area contributed by atoms with Crippen LogP contribution in [0.1, 0.15) is 62.5 Å². The zero-order valence-electron chi connectivity index (χ0n) is 14.8. The Hall–Kier alpha value is -1.39. The van der Waals surface area contributed by atoms with Crippen molar-refractivity contribution in [3.05, 3.63) is 35.4 Å². The van der Waals surface area contributed by atoms with E-state index in [2.05, 4.69) is 35.5 Å². The molecule has 0 aliphatic heterocycles. The Labute approximate surface area is 145 Å². The number of carbonyl (C=O) groups excluding carboxylic acids is 1. The molecule has 24 heavy (non-hydrogen) atoms. The molecule has 0 atom stereocenters. The van der Waals surface area contributed by atoms with Crippen molar-refractivity contribution in [1.29, 1.82) is 0 Å². The van der Waals surface area contributed by atoms with Crippen LogP contribution in [0.5, 0.6) is 0 Å². The third-order valence-corrected chi connectivity index (χ3v) is 5.78. The molecule has 0 heterocycles. The van der Waals surface area contributed by atoms with Gasteiger partial charge in [-0.15, -0.1) is 0 Å². The first kappa shape index (κ1) is 17.4. The van der Waals surface area contributed by atoms with E-state index in [1.54, 1.807) is 0 Å². The average Bonchev–Trinajstić information content (AvgIpc) is 2.59. The number of hydrogen-bond acceptors (Lipinski definition) is 3. The topological polar surface area (TPSA) is 52.6 Å². The molecule has 2 saturated carbocycles. The van der Waals surface area contributed by atoms with Gasteiger partial charge < -0.3 is 10.4 Å². The van der Waals surface area contributed by atoms with Gasteiger partial charge in [0.05, 0.1) is 0 Å². The van der Waals surface area contributed by atoms with Crippen LogP contribution in [0.25, 0.3) is 0 Å². The molecule has 0 unspecified atom stereocenters. The Balaban J connectivity index is 1.59. The Kier molecular flexibility index (Phi) is 5.57. The summed E-state index contributed by atoms with van der Waals surface area (Å²) in [6, 6.07) is 8.99. The first-order chi connectivity index (χ1) is 11.6. The minimum Gasteiger partial charge on any atom is -0.380 e. The van der Waals surface area contributed by atoms with Crippen molar-refractivity contribution in [1.82, 2.24) is 10.2 Å². The highest BCUT2D eigenvalue weighted by Gasteiger charge is 2.41. The van der Waals surface area contributed by atoms with Gasteiger partial charge in [-0.2, -0.15) is 0 Å². The number of amides is 1. The second kappa shape index (κ2) is 7.66. The lowest BCUT2D eigenvalue weighted by molar-refractivity contribution is -0.148. The van der Waals surface area contributed by atoms with Gasteiger partial charge in [-0.1, -0.05) is 43.5 Å². The van der Waals surface area contributed by atoms with E-state index >= 15 is 0 Å². The van der Waals surface area contributed by atoms with Crippen molar-refractivity contribution in [2.75, 3.05) is 7.05 Å². The Morgan fingerprint density at radius 3 is 2.46 bits per heavy atom. The van der Waals surface area contributed by atoms with Crippen molar-refractivity contribution < 1.29 is 9.90 Å². The summed E-state index contributed by atoms with van der Waals surface area (Å²) in [6.07, 6.45) is 8.75. The summed E-state index contributed by atoms with van der Waals surface area (Å²) < 4.78 is 0. The van der Waals surface area contributed by atoms with Gasteiger partial charge in [0, 0.05) is 19.1 Å². The van der Waals surface area contributed by atoms with Crippen LogP contribution in [0.2, 0.25) is 0 Å². The number of hydrogen-bond donors (Lipinski definition) is 2. The number of benzene rings is 1.